The molecule has 0 aromatic rings. The van der Waals surface area contributed by atoms with Crippen LogP contribution in [0.4, 0.5) is 0 Å². The Morgan fingerprint density at radius 1 is 0.396 bits per heavy atom. The van der Waals surface area contributed by atoms with Crippen LogP contribution < -0.4 is 0 Å². The molecule has 0 aromatic carbocycles. The van der Waals surface area contributed by atoms with Crippen molar-refractivity contribution in [3.8, 4) is 0 Å². The molecule has 0 N–H and O–H groups in total. The molecule has 2 atom stereocenters. The lowest BCUT2D eigenvalue weighted by Gasteiger charge is -2.18. The van der Waals surface area contributed by atoms with Crippen LogP contribution in [0, 0.1) is 11.8 Å². The van der Waals surface area contributed by atoms with E-state index in [1.807, 2.05) is 0 Å². The van der Waals surface area contributed by atoms with Crippen molar-refractivity contribution in [2.24, 2.45) is 11.8 Å². The minimum absolute atomic E-state index is 0.0653. The van der Waals surface area contributed by atoms with E-state index in [2.05, 4.69) is 34.6 Å². The molecule has 0 saturated heterocycles. The van der Waals surface area contributed by atoms with E-state index >= 15 is 0 Å². The molecule has 0 aromatic heterocycles. The second-order valence-corrected chi connectivity index (χ2v) is 16.8. The van der Waals surface area contributed by atoms with Crippen molar-refractivity contribution < 1.29 is 28.6 Å². The third-order valence-electron chi connectivity index (χ3n) is 10.8. The summed E-state index contributed by atoms with van der Waals surface area (Å²) in [4.78, 5) is 37.7. The molecule has 314 valence electrons. The quantitative estimate of drug-likeness (QED) is 0.0352. The Balaban J connectivity index is 4.27. The van der Waals surface area contributed by atoms with Gasteiger partial charge >= 0.3 is 17.9 Å². The number of ether oxygens (including phenoxy) is 3. The zero-order chi connectivity index (χ0) is 39.0. The predicted octanol–water partition coefficient (Wildman–Crippen LogP) is 14.6. The van der Waals surface area contributed by atoms with Gasteiger partial charge in [0.15, 0.2) is 6.10 Å². The van der Waals surface area contributed by atoms with Gasteiger partial charge in [0.1, 0.15) is 13.2 Å². The topological polar surface area (TPSA) is 78.9 Å². The molecule has 0 aliphatic heterocycles. The Kier molecular flexibility index (Phi) is 38.9. The van der Waals surface area contributed by atoms with E-state index < -0.39 is 6.10 Å². The minimum atomic E-state index is -0.760. The van der Waals surface area contributed by atoms with E-state index in [1.165, 1.54) is 141 Å². The van der Waals surface area contributed by atoms with Gasteiger partial charge in [-0.2, -0.15) is 0 Å². The number of carbonyl (C=O) groups excluding carboxylic acids is 3. The molecule has 53 heavy (non-hydrogen) atoms. The summed E-state index contributed by atoms with van der Waals surface area (Å²) in [5.74, 6) is 0.793. The van der Waals surface area contributed by atoms with Gasteiger partial charge in [0, 0.05) is 19.3 Å². The van der Waals surface area contributed by atoms with Crippen LogP contribution >= 0.6 is 0 Å². The minimum Gasteiger partial charge on any atom is -0.462 e. The summed E-state index contributed by atoms with van der Waals surface area (Å²) in [7, 11) is 0. The summed E-state index contributed by atoms with van der Waals surface area (Å²) in [6.45, 7) is 11.3. The maximum absolute atomic E-state index is 12.7. The van der Waals surface area contributed by atoms with Crippen LogP contribution in [-0.4, -0.2) is 37.2 Å². The van der Waals surface area contributed by atoms with Crippen molar-refractivity contribution in [1.29, 1.82) is 0 Å². The van der Waals surface area contributed by atoms with E-state index in [9.17, 15) is 14.4 Å². The first-order valence-electron chi connectivity index (χ1n) is 23.3. The van der Waals surface area contributed by atoms with Gasteiger partial charge in [-0.25, -0.2) is 0 Å². The molecule has 0 saturated carbocycles. The summed E-state index contributed by atoms with van der Waals surface area (Å²) < 4.78 is 16.7. The Bertz CT molecular complexity index is 811. The van der Waals surface area contributed by atoms with Gasteiger partial charge in [-0.3, -0.25) is 14.4 Å². The standard InChI is InChI=1S/C47H90O6/c1-6-8-9-10-11-17-22-29-34-39-47(50)53-44(41-52-46(49)38-33-28-24-23-26-31-36-43(5)7-2)40-51-45(48)37-32-27-21-19-16-14-12-13-15-18-20-25-30-35-42(3)4/h42-44H,6-41H2,1-5H3/t43?,44-/m1/s1. The van der Waals surface area contributed by atoms with Crippen molar-refractivity contribution in [2.45, 2.75) is 259 Å². The highest BCUT2D eigenvalue weighted by atomic mass is 16.6. The Labute approximate surface area is 329 Å². The van der Waals surface area contributed by atoms with E-state index in [1.54, 1.807) is 0 Å². The maximum Gasteiger partial charge on any atom is 0.306 e. The highest BCUT2D eigenvalue weighted by molar-refractivity contribution is 5.71. The number of esters is 3. The van der Waals surface area contributed by atoms with Crippen LogP contribution in [0.1, 0.15) is 253 Å². The van der Waals surface area contributed by atoms with Crippen molar-refractivity contribution in [2.75, 3.05) is 13.2 Å². The fraction of sp³-hybridized carbons (Fsp3) is 0.936. The van der Waals surface area contributed by atoms with Gasteiger partial charge in [0.25, 0.3) is 0 Å². The maximum atomic E-state index is 12.7. The van der Waals surface area contributed by atoms with Crippen LogP contribution in [0.5, 0.6) is 0 Å². The van der Waals surface area contributed by atoms with E-state index in [-0.39, 0.29) is 31.1 Å². The van der Waals surface area contributed by atoms with Gasteiger partial charge in [-0.05, 0) is 31.1 Å². The molecule has 6 nitrogen and oxygen atoms in total. The smallest absolute Gasteiger partial charge is 0.306 e. The Morgan fingerprint density at radius 2 is 0.717 bits per heavy atom. The monoisotopic (exact) mass is 751 g/mol. The third-order valence-corrected chi connectivity index (χ3v) is 10.8. The summed E-state index contributed by atoms with van der Waals surface area (Å²) in [6.07, 6.45) is 38.1. The lowest BCUT2D eigenvalue weighted by atomic mass is 10.00. The van der Waals surface area contributed by atoms with Crippen LogP contribution in [0.2, 0.25) is 0 Å². The summed E-state index contributed by atoms with van der Waals surface area (Å²) in [5.41, 5.74) is 0. The van der Waals surface area contributed by atoms with Crippen LogP contribution in [0.3, 0.4) is 0 Å². The Hall–Kier alpha value is -1.59. The first-order chi connectivity index (χ1) is 25.8. The van der Waals surface area contributed by atoms with Crippen LogP contribution in [0.15, 0.2) is 0 Å². The summed E-state index contributed by atoms with van der Waals surface area (Å²) in [6, 6.07) is 0. The lowest BCUT2D eigenvalue weighted by Crippen LogP contribution is -2.30. The molecule has 0 rings (SSSR count). The molecule has 6 heteroatoms. The molecule has 0 radical (unpaired) electrons. The molecule has 1 unspecified atom stereocenters. The fourth-order valence-corrected chi connectivity index (χ4v) is 6.90. The molecule has 0 fully saturated rings. The van der Waals surface area contributed by atoms with Gasteiger partial charge in [0.2, 0.25) is 0 Å². The van der Waals surface area contributed by atoms with Gasteiger partial charge in [-0.15, -0.1) is 0 Å². The second-order valence-electron chi connectivity index (χ2n) is 16.8. The second kappa shape index (κ2) is 40.1. The largest absolute Gasteiger partial charge is 0.462 e. The predicted molar refractivity (Wildman–Crippen MR) is 224 cm³/mol. The summed E-state index contributed by atoms with van der Waals surface area (Å²) in [5, 5.41) is 0. The first-order valence-corrected chi connectivity index (χ1v) is 23.3. The normalized spacial score (nSPS) is 12.6. The zero-order valence-corrected chi connectivity index (χ0v) is 36.1. The number of rotatable bonds is 41. The third kappa shape index (κ3) is 39.9. The first kappa shape index (κ1) is 51.4. The van der Waals surface area contributed by atoms with Gasteiger partial charge in [0.05, 0.1) is 0 Å². The molecule has 0 amide bonds. The molecule has 0 heterocycles. The molecule has 0 bridgehead atoms. The molecule has 0 spiro atoms. The zero-order valence-electron chi connectivity index (χ0n) is 36.1. The highest BCUT2D eigenvalue weighted by Gasteiger charge is 2.19. The fourth-order valence-electron chi connectivity index (χ4n) is 6.90. The van der Waals surface area contributed by atoms with Gasteiger partial charge in [-0.1, -0.05) is 214 Å². The number of hydrogen-bond donors (Lipinski definition) is 0. The SMILES string of the molecule is CCCCCCCCCCCC(=O)O[C@H](COC(=O)CCCCCCCCCCCCCCCC(C)C)COC(=O)CCCCCCCCC(C)CC. The Morgan fingerprint density at radius 3 is 1.08 bits per heavy atom. The summed E-state index contributed by atoms with van der Waals surface area (Å²) >= 11 is 0. The highest BCUT2D eigenvalue weighted by Crippen LogP contribution is 2.17. The molecular formula is C47H90O6. The van der Waals surface area contributed by atoms with E-state index in [0.717, 1.165) is 69.6 Å². The van der Waals surface area contributed by atoms with Crippen molar-refractivity contribution in [3.63, 3.8) is 0 Å². The lowest BCUT2D eigenvalue weighted by molar-refractivity contribution is -0.167. The molecular weight excluding hydrogens is 661 g/mol. The van der Waals surface area contributed by atoms with E-state index in [4.69, 9.17) is 14.2 Å². The average Bonchev–Trinajstić information content (AvgIpc) is 3.14. The number of hydrogen-bond acceptors (Lipinski definition) is 6. The van der Waals surface area contributed by atoms with Gasteiger partial charge < -0.3 is 14.2 Å². The van der Waals surface area contributed by atoms with Crippen molar-refractivity contribution in [3.05, 3.63) is 0 Å². The van der Waals surface area contributed by atoms with E-state index in [0.29, 0.717) is 19.3 Å². The molecule has 0 aliphatic carbocycles. The average molecular weight is 751 g/mol. The van der Waals surface area contributed by atoms with Crippen molar-refractivity contribution >= 4 is 17.9 Å². The van der Waals surface area contributed by atoms with Crippen LogP contribution in [-0.2, 0) is 28.6 Å². The van der Waals surface area contributed by atoms with Crippen molar-refractivity contribution in [1.82, 2.24) is 0 Å². The number of unbranched alkanes of at least 4 members (excludes halogenated alkanes) is 25. The molecule has 0 aliphatic rings. The number of carbonyl (C=O) groups is 3. The van der Waals surface area contributed by atoms with Crippen LogP contribution in [0.25, 0.3) is 0 Å².